The second kappa shape index (κ2) is 10.2. The second-order valence-electron chi connectivity index (χ2n) is 10.1. The van der Waals surface area contributed by atoms with Gasteiger partial charge in [0.05, 0.1) is 10.6 Å². The summed E-state index contributed by atoms with van der Waals surface area (Å²) >= 11 is 6.07. The van der Waals surface area contributed by atoms with E-state index >= 15 is 0 Å². The van der Waals surface area contributed by atoms with Crippen LogP contribution in [-0.4, -0.2) is 27.9 Å². The Morgan fingerprint density at radius 3 is 2.65 bits per heavy atom. The number of fused-ring (bicyclic) bond motifs is 1. The molecule has 2 aliphatic rings. The minimum Gasteiger partial charge on any atom is -0.334 e. The molecule has 1 unspecified atom stereocenters. The lowest BCUT2D eigenvalue weighted by Gasteiger charge is -2.30. The van der Waals surface area contributed by atoms with Crippen LogP contribution in [0.5, 0.6) is 0 Å². The van der Waals surface area contributed by atoms with E-state index in [2.05, 4.69) is 34.6 Å². The van der Waals surface area contributed by atoms with Crippen LogP contribution in [0, 0.1) is 11.2 Å². The fourth-order valence-corrected chi connectivity index (χ4v) is 5.80. The van der Waals surface area contributed by atoms with Crippen molar-refractivity contribution in [3.63, 3.8) is 0 Å². The van der Waals surface area contributed by atoms with Crippen molar-refractivity contribution in [1.29, 1.82) is 0 Å². The summed E-state index contributed by atoms with van der Waals surface area (Å²) in [6.07, 6.45) is 11.7. The van der Waals surface area contributed by atoms with Crippen molar-refractivity contribution in [3.05, 3.63) is 131 Å². The molecule has 0 radical (unpaired) electrons. The second-order valence-corrected chi connectivity index (χ2v) is 10.5. The quantitative estimate of drug-likeness (QED) is 0.306. The molecule has 200 valence electrons. The van der Waals surface area contributed by atoms with Gasteiger partial charge in [0, 0.05) is 53.9 Å². The van der Waals surface area contributed by atoms with Crippen LogP contribution >= 0.6 is 11.6 Å². The first-order valence-electron chi connectivity index (χ1n) is 13.0. The average Bonchev–Trinajstić information content (AvgIpc) is 3.51. The standard InChI is InChI=1S/C32H26ClFN4O2/c1-37-18-16-35-29(37)26-6-4-14-32(26)15-17-38(28-7-3-2-5-22(28)20-32)31(40)21-8-11-24(12-9-21)36-30(39)25-19-23(34)10-13-27(25)33/h2-14,16,18-19H,15,17,20H2,1H3,(H,36,39). The van der Waals surface area contributed by atoms with Crippen molar-refractivity contribution in [2.45, 2.75) is 12.8 Å². The lowest BCUT2D eigenvalue weighted by molar-refractivity contribution is 0.0985. The molecular formula is C32H26ClFN4O2. The lowest BCUT2D eigenvalue weighted by Crippen LogP contribution is -2.33. The van der Waals surface area contributed by atoms with Gasteiger partial charge in [-0.05, 0) is 66.9 Å². The van der Waals surface area contributed by atoms with Crippen LogP contribution in [0.25, 0.3) is 5.57 Å². The van der Waals surface area contributed by atoms with E-state index in [9.17, 15) is 14.0 Å². The van der Waals surface area contributed by atoms with E-state index < -0.39 is 11.7 Å². The molecule has 3 aromatic carbocycles. The van der Waals surface area contributed by atoms with E-state index in [1.54, 1.807) is 24.3 Å². The minimum atomic E-state index is -0.550. The molecule has 1 spiro atoms. The Morgan fingerprint density at radius 2 is 1.88 bits per heavy atom. The molecule has 1 aromatic heterocycles. The Bertz CT molecular complexity index is 1690. The summed E-state index contributed by atoms with van der Waals surface area (Å²) in [7, 11) is 1.99. The maximum Gasteiger partial charge on any atom is 0.258 e. The molecule has 8 heteroatoms. The number of para-hydroxylation sites is 1. The van der Waals surface area contributed by atoms with Crippen molar-refractivity contribution in [2.75, 3.05) is 16.8 Å². The minimum absolute atomic E-state index is 0.0387. The number of nitrogens with one attached hydrogen (secondary N) is 1. The smallest absolute Gasteiger partial charge is 0.258 e. The van der Waals surface area contributed by atoms with E-state index in [0.29, 0.717) is 17.8 Å². The number of carbonyl (C=O) groups excluding carboxylic acids is 2. The molecule has 1 N–H and O–H groups in total. The molecule has 0 saturated carbocycles. The van der Waals surface area contributed by atoms with Crippen molar-refractivity contribution in [3.8, 4) is 0 Å². The van der Waals surface area contributed by atoms with E-state index in [4.69, 9.17) is 11.6 Å². The molecule has 1 aliphatic carbocycles. The summed E-state index contributed by atoms with van der Waals surface area (Å²) in [4.78, 5) is 32.9. The van der Waals surface area contributed by atoms with Gasteiger partial charge in [0.1, 0.15) is 11.6 Å². The Morgan fingerprint density at radius 1 is 1.07 bits per heavy atom. The van der Waals surface area contributed by atoms with Gasteiger partial charge >= 0.3 is 0 Å². The summed E-state index contributed by atoms with van der Waals surface area (Å²) in [5.41, 5.74) is 3.88. The number of benzene rings is 3. The lowest BCUT2D eigenvalue weighted by atomic mass is 9.74. The normalized spacial score (nSPS) is 17.9. The van der Waals surface area contributed by atoms with Crippen LogP contribution in [0.3, 0.4) is 0 Å². The summed E-state index contributed by atoms with van der Waals surface area (Å²) < 4.78 is 15.6. The number of hydrogen-bond acceptors (Lipinski definition) is 3. The first-order valence-corrected chi connectivity index (χ1v) is 13.4. The Hall–Kier alpha value is -4.49. The number of anilines is 2. The highest BCUT2D eigenvalue weighted by molar-refractivity contribution is 6.34. The molecule has 4 aromatic rings. The number of halogens is 2. The molecule has 0 fully saturated rings. The number of amides is 2. The molecule has 0 bridgehead atoms. The number of carbonyl (C=O) groups is 2. The molecule has 6 rings (SSSR count). The number of aromatic nitrogens is 2. The third-order valence-electron chi connectivity index (χ3n) is 7.65. The van der Waals surface area contributed by atoms with Gasteiger partial charge in [-0.15, -0.1) is 0 Å². The average molecular weight is 553 g/mol. The summed E-state index contributed by atoms with van der Waals surface area (Å²) in [5, 5.41) is 2.87. The highest BCUT2D eigenvalue weighted by Crippen LogP contribution is 2.48. The zero-order chi connectivity index (χ0) is 27.9. The van der Waals surface area contributed by atoms with Crippen LogP contribution in [0.2, 0.25) is 5.02 Å². The molecule has 6 nitrogen and oxygen atoms in total. The summed E-state index contributed by atoms with van der Waals surface area (Å²) in [6, 6.07) is 18.3. The first-order chi connectivity index (χ1) is 19.3. The Labute approximate surface area is 236 Å². The fraction of sp³-hybridized carbons (Fsp3) is 0.156. The van der Waals surface area contributed by atoms with E-state index in [-0.39, 0.29) is 21.9 Å². The molecule has 2 amide bonds. The maximum absolute atomic E-state index is 13.9. The van der Waals surface area contributed by atoms with Crippen LogP contribution in [0.15, 0.2) is 97.4 Å². The fourth-order valence-electron chi connectivity index (χ4n) is 5.60. The highest BCUT2D eigenvalue weighted by atomic mass is 35.5. The van der Waals surface area contributed by atoms with Gasteiger partial charge in [-0.25, -0.2) is 9.37 Å². The van der Waals surface area contributed by atoms with Gasteiger partial charge in [-0.1, -0.05) is 48.0 Å². The van der Waals surface area contributed by atoms with Gasteiger partial charge in [-0.2, -0.15) is 0 Å². The van der Waals surface area contributed by atoms with Crippen LogP contribution in [0.1, 0.15) is 38.5 Å². The molecule has 2 heterocycles. The van der Waals surface area contributed by atoms with Gasteiger partial charge in [0.2, 0.25) is 0 Å². The summed E-state index contributed by atoms with van der Waals surface area (Å²) in [5.74, 6) is -0.276. The number of aryl methyl sites for hydroxylation is 1. The van der Waals surface area contributed by atoms with Crippen molar-refractivity contribution < 1.29 is 14.0 Å². The van der Waals surface area contributed by atoms with Crippen molar-refractivity contribution in [2.24, 2.45) is 12.5 Å². The van der Waals surface area contributed by atoms with E-state index in [1.807, 2.05) is 47.1 Å². The molecule has 1 aliphatic heterocycles. The van der Waals surface area contributed by atoms with Crippen molar-refractivity contribution >= 4 is 40.4 Å². The monoisotopic (exact) mass is 552 g/mol. The van der Waals surface area contributed by atoms with Gasteiger partial charge in [0.25, 0.3) is 11.8 Å². The number of rotatable bonds is 4. The third kappa shape index (κ3) is 4.62. The highest BCUT2D eigenvalue weighted by Gasteiger charge is 2.40. The molecule has 1 atom stereocenters. The maximum atomic E-state index is 13.9. The van der Waals surface area contributed by atoms with Gasteiger partial charge in [0.15, 0.2) is 0 Å². The van der Waals surface area contributed by atoms with E-state index in [0.717, 1.165) is 41.6 Å². The Balaban J connectivity index is 1.25. The number of imidazole rings is 1. The van der Waals surface area contributed by atoms with Crippen LogP contribution in [-0.2, 0) is 13.5 Å². The summed E-state index contributed by atoms with van der Waals surface area (Å²) in [6.45, 7) is 0.526. The SMILES string of the molecule is Cn1ccnc1C1=CC=CC12CCN(C(=O)c1ccc(NC(=O)c3cc(F)ccc3Cl)cc1)c1ccccc1C2. The molecule has 0 saturated heterocycles. The number of nitrogens with zero attached hydrogens (tertiary/aromatic N) is 3. The van der Waals surface area contributed by atoms with Crippen LogP contribution in [0.4, 0.5) is 15.8 Å². The number of hydrogen-bond donors (Lipinski definition) is 1. The topological polar surface area (TPSA) is 67.2 Å². The van der Waals surface area contributed by atoms with Gasteiger partial charge < -0.3 is 14.8 Å². The van der Waals surface area contributed by atoms with E-state index in [1.165, 1.54) is 12.1 Å². The zero-order valence-corrected chi connectivity index (χ0v) is 22.5. The zero-order valence-electron chi connectivity index (χ0n) is 21.8. The predicted octanol–water partition coefficient (Wildman–Crippen LogP) is 6.70. The first kappa shape index (κ1) is 25.8. The Kier molecular flexibility index (Phi) is 6.60. The third-order valence-corrected chi connectivity index (χ3v) is 7.98. The largest absolute Gasteiger partial charge is 0.334 e. The number of allylic oxidation sites excluding steroid dienone is 4. The van der Waals surface area contributed by atoms with Crippen molar-refractivity contribution in [1.82, 2.24) is 9.55 Å². The van der Waals surface area contributed by atoms with Gasteiger partial charge in [-0.3, -0.25) is 9.59 Å². The molecular weight excluding hydrogens is 527 g/mol. The predicted molar refractivity (Wildman–Crippen MR) is 155 cm³/mol. The van der Waals surface area contributed by atoms with Crippen LogP contribution < -0.4 is 10.2 Å². The molecule has 40 heavy (non-hydrogen) atoms.